The molecular weight excluding hydrogens is 323 g/mol. The molecule has 0 fully saturated rings. The fraction of sp³-hybridized carbons (Fsp3) is 0.200. The first-order chi connectivity index (χ1) is 10.6. The van der Waals surface area contributed by atoms with E-state index in [-0.39, 0.29) is 12.5 Å². The minimum atomic E-state index is 0.0548. The van der Waals surface area contributed by atoms with Crippen molar-refractivity contribution in [2.24, 2.45) is 0 Å². The highest BCUT2D eigenvalue weighted by Gasteiger charge is 2.28. The van der Waals surface area contributed by atoms with E-state index in [9.17, 15) is 4.79 Å². The minimum Gasteiger partial charge on any atom is -0.338 e. The summed E-state index contributed by atoms with van der Waals surface area (Å²) in [6, 6.07) is 3.73. The number of amides is 1. The Morgan fingerprint density at radius 2 is 2.09 bits per heavy atom. The topological polar surface area (TPSA) is 53.9 Å². The van der Waals surface area contributed by atoms with Crippen LogP contribution in [0, 0.1) is 0 Å². The zero-order valence-corrected chi connectivity index (χ0v) is 13.2. The van der Waals surface area contributed by atoms with Gasteiger partial charge in [-0.15, -0.1) is 0 Å². The van der Waals surface area contributed by atoms with Gasteiger partial charge in [-0.1, -0.05) is 29.3 Å². The fourth-order valence-electron chi connectivity index (χ4n) is 3.05. The highest BCUT2D eigenvalue weighted by atomic mass is 35.5. The number of hydrogen-bond acceptors (Lipinski definition) is 2. The number of H-pyrrole nitrogens is 1. The molecule has 0 spiro atoms. The van der Waals surface area contributed by atoms with Gasteiger partial charge in [0.05, 0.1) is 28.3 Å². The molecule has 1 aliphatic heterocycles. The van der Waals surface area contributed by atoms with Gasteiger partial charge in [-0.2, -0.15) is 5.10 Å². The Bertz CT molecular complexity index is 898. The van der Waals surface area contributed by atoms with Gasteiger partial charge in [0.15, 0.2) is 0 Å². The van der Waals surface area contributed by atoms with Crippen molar-refractivity contribution in [3.63, 3.8) is 0 Å². The average molecular weight is 335 g/mol. The molecular formula is C15H12Cl2N4O. The fourth-order valence-corrected chi connectivity index (χ4v) is 3.47. The van der Waals surface area contributed by atoms with Gasteiger partial charge in [0.1, 0.15) is 6.54 Å². The third-order valence-electron chi connectivity index (χ3n) is 4.12. The second-order valence-corrected chi connectivity index (χ2v) is 6.19. The number of aromatic amines is 1. The molecule has 5 nitrogen and oxygen atoms in total. The van der Waals surface area contributed by atoms with Gasteiger partial charge in [-0.05, 0) is 6.07 Å². The van der Waals surface area contributed by atoms with Gasteiger partial charge < -0.3 is 9.47 Å². The molecule has 1 aliphatic rings. The maximum Gasteiger partial charge on any atom is 0.242 e. The molecule has 0 atom stereocenters. The molecule has 3 heterocycles. The largest absolute Gasteiger partial charge is 0.338 e. The van der Waals surface area contributed by atoms with Crippen LogP contribution in [0.15, 0.2) is 24.5 Å². The summed E-state index contributed by atoms with van der Waals surface area (Å²) in [5, 5.41) is 8.82. The average Bonchev–Trinajstić information content (AvgIpc) is 3.10. The van der Waals surface area contributed by atoms with E-state index in [2.05, 4.69) is 10.2 Å². The van der Waals surface area contributed by atoms with E-state index in [4.69, 9.17) is 23.2 Å². The number of hydrogen-bond donors (Lipinski definition) is 1. The van der Waals surface area contributed by atoms with Crippen molar-refractivity contribution in [3.05, 3.63) is 40.3 Å². The van der Waals surface area contributed by atoms with E-state index in [0.29, 0.717) is 16.6 Å². The van der Waals surface area contributed by atoms with Crippen LogP contribution in [0.5, 0.6) is 0 Å². The van der Waals surface area contributed by atoms with Crippen LogP contribution in [0.1, 0.15) is 5.69 Å². The van der Waals surface area contributed by atoms with Crippen molar-refractivity contribution < 1.29 is 4.79 Å². The van der Waals surface area contributed by atoms with Crippen molar-refractivity contribution in [2.45, 2.75) is 13.1 Å². The summed E-state index contributed by atoms with van der Waals surface area (Å²) >= 11 is 12.6. The summed E-state index contributed by atoms with van der Waals surface area (Å²) in [6.45, 7) is 0.794. The molecule has 0 saturated carbocycles. The Morgan fingerprint density at radius 3 is 2.82 bits per heavy atom. The third kappa shape index (κ3) is 1.79. The molecule has 22 heavy (non-hydrogen) atoms. The van der Waals surface area contributed by atoms with Crippen molar-refractivity contribution in [2.75, 3.05) is 7.05 Å². The number of carbonyl (C=O) groups is 1. The van der Waals surface area contributed by atoms with Crippen LogP contribution in [0.2, 0.25) is 10.0 Å². The van der Waals surface area contributed by atoms with E-state index < -0.39 is 0 Å². The predicted molar refractivity (Wildman–Crippen MR) is 86.0 cm³/mol. The molecule has 0 saturated heterocycles. The van der Waals surface area contributed by atoms with E-state index >= 15 is 0 Å². The Hall–Kier alpha value is -1.98. The summed E-state index contributed by atoms with van der Waals surface area (Å²) in [7, 11) is 1.80. The molecule has 0 bridgehead atoms. The Kier molecular flexibility index (Phi) is 2.96. The number of carbonyl (C=O) groups excluding carboxylic acids is 1. The maximum atomic E-state index is 12.1. The standard InChI is InChI=1S/C15H12Cl2N4O/c1-20-6-11-13(8-4-18-19-5-8)9-2-3-10(16)14(17)15(9)21(11)7-12(20)22/h2-5H,6-7H2,1H3,(H,18,19). The molecule has 2 aromatic heterocycles. The highest BCUT2D eigenvalue weighted by Crippen LogP contribution is 2.41. The SMILES string of the molecule is CN1Cc2c(-c3cn[nH]c3)c3ccc(Cl)c(Cl)c3n2CC1=O. The quantitative estimate of drug-likeness (QED) is 0.742. The highest BCUT2D eigenvalue weighted by molar-refractivity contribution is 6.45. The zero-order chi connectivity index (χ0) is 15.4. The van der Waals surface area contributed by atoms with Crippen molar-refractivity contribution >= 4 is 40.0 Å². The predicted octanol–water partition coefficient (Wildman–Crippen LogP) is 3.31. The molecule has 1 aromatic carbocycles. The second kappa shape index (κ2) is 4.76. The van der Waals surface area contributed by atoms with Gasteiger partial charge in [-0.25, -0.2) is 0 Å². The summed E-state index contributed by atoms with van der Waals surface area (Å²) in [6.07, 6.45) is 3.61. The number of aromatic nitrogens is 3. The molecule has 7 heteroatoms. The monoisotopic (exact) mass is 334 g/mol. The van der Waals surface area contributed by atoms with Crippen molar-refractivity contribution in [1.29, 1.82) is 0 Å². The lowest BCUT2D eigenvalue weighted by Gasteiger charge is -2.26. The van der Waals surface area contributed by atoms with Crippen LogP contribution in [0.3, 0.4) is 0 Å². The molecule has 0 unspecified atom stereocenters. The van der Waals surface area contributed by atoms with Gasteiger partial charge in [0.2, 0.25) is 5.91 Å². The number of nitrogens with one attached hydrogen (secondary N) is 1. The van der Waals surface area contributed by atoms with Gasteiger partial charge in [0.25, 0.3) is 0 Å². The molecule has 1 N–H and O–H groups in total. The first-order valence-corrected chi connectivity index (χ1v) is 7.55. The smallest absolute Gasteiger partial charge is 0.242 e. The maximum absolute atomic E-state index is 12.1. The van der Waals surface area contributed by atoms with E-state index in [1.54, 1.807) is 24.2 Å². The van der Waals surface area contributed by atoms with Crippen LogP contribution in [0.25, 0.3) is 22.0 Å². The summed E-state index contributed by atoms with van der Waals surface area (Å²) in [5.74, 6) is 0.0548. The van der Waals surface area contributed by atoms with E-state index in [1.807, 2.05) is 16.8 Å². The Labute approximate surface area is 136 Å². The molecule has 112 valence electrons. The van der Waals surface area contributed by atoms with Crippen LogP contribution in [-0.2, 0) is 17.9 Å². The first-order valence-electron chi connectivity index (χ1n) is 6.80. The normalized spacial score (nSPS) is 14.7. The van der Waals surface area contributed by atoms with Gasteiger partial charge in [-0.3, -0.25) is 9.89 Å². The second-order valence-electron chi connectivity index (χ2n) is 5.40. The Balaban J connectivity index is 2.13. The number of likely N-dealkylation sites (N-methyl/N-ethyl adjacent to an activating group) is 1. The van der Waals surface area contributed by atoms with Crippen LogP contribution in [-0.4, -0.2) is 32.6 Å². The van der Waals surface area contributed by atoms with E-state index in [1.165, 1.54) is 0 Å². The molecule has 4 rings (SSSR count). The number of nitrogens with zero attached hydrogens (tertiary/aromatic N) is 3. The van der Waals surface area contributed by atoms with E-state index in [0.717, 1.165) is 27.7 Å². The van der Waals surface area contributed by atoms with Gasteiger partial charge >= 0.3 is 0 Å². The number of fused-ring (bicyclic) bond motifs is 3. The summed E-state index contributed by atoms with van der Waals surface area (Å²) in [4.78, 5) is 13.8. The summed E-state index contributed by atoms with van der Waals surface area (Å²) < 4.78 is 1.97. The first kappa shape index (κ1) is 13.7. The lowest BCUT2D eigenvalue weighted by Crippen LogP contribution is -2.36. The summed E-state index contributed by atoms with van der Waals surface area (Å²) in [5.41, 5.74) is 3.87. The molecule has 3 aromatic rings. The zero-order valence-electron chi connectivity index (χ0n) is 11.7. The molecule has 0 radical (unpaired) electrons. The number of rotatable bonds is 1. The van der Waals surface area contributed by atoms with Crippen molar-refractivity contribution in [1.82, 2.24) is 19.7 Å². The number of benzene rings is 1. The van der Waals surface area contributed by atoms with Crippen LogP contribution in [0.4, 0.5) is 0 Å². The Morgan fingerprint density at radius 1 is 1.27 bits per heavy atom. The minimum absolute atomic E-state index is 0.0548. The van der Waals surface area contributed by atoms with Crippen molar-refractivity contribution in [3.8, 4) is 11.1 Å². The lowest BCUT2D eigenvalue weighted by atomic mass is 10.0. The molecule has 0 aliphatic carbocycles. The third-order valence-corrected chi connectivity index (χ3v) is 4.91. The molecule has 1 amide bonds. The van der Waals surface area contributed by atoms with Gasteiger partial charge in [0, 0.05) is 35.5 Å². The van der Waals surface area contributed by atoms with Crippen LogP contribution >= 0.6 is 23.2 Å². The number of halogens is 2. The van der Waals surface area contributed by atoms with Crippen LogP contribution < -0.4 is 0 Å². The lowest BCUT2D eigenvalue weighted by molar-refractivity contribution is -0.132.